The van der Waals surface area contributed by atoms with E-state index < -0.39 is 59.0 Å². The van der Waals surface area contributed by atoms with Gasteiger partial charge in [0.1, 0.15) is 0 Å². The number of hydrogen-bond acceptors (Lipinski definition) is 6. The fourth-order valence-corrected chi connectivity index (χ4v) is 2.85. The quantitative estimate of drug-likeness (QED) is 0.346. The van der Waals surface area contributed by atoms with E-state index in [1.807, 2.05) is 0 Å². The van der Waals surface area contributed by atoms with Gasteiger partial charge in [-0.15, -0.1) is 0 Å². The zero-order valence-corrected chi connectivity index (χ0v) is 17.8. The fourth-order valence-electron chi connectivity index (χ4n) is 2.62. The van der Waals surface area contributed by atoms with Crippen molar-refractivity contribution in [2.75, 3.05) is 25.5 Å². The fraction of sp³-hybridized carbons (Fsp3) is 0.250. The lowest BCUT2D eigenvalue weighted by Gasteiger charge is -2.17. The van der Waals surface area contributed by atoms with Crippen LogP contribution in [0.4, 0.5) is 24.5 Å². The SMILES string of the molecule is CN(CC(=O)Nc1ccc(Cl)c(C(F)(F)F)c1)C(=O)COC(=O)Cc1ccccc1[N+](=O)[O-]. The van der Waals surface area contributed by atoms with Crippen molar-refractivity contribution in [3.8, 4) is 0 Å². The minimum absolute atomic E-state index is 0.105. The van der Waals surface area contributed by atoms with E-state index in [4.69, 9.17) is 16.3 Å². The number of alkyl halides is 3. The van der Waals surface area contributed by atoms with Gasteiger partial charge in [-0.2, -0.15) is 13.2 Å². The third-order valence-corrected chi connectivity index (χ3v) is 4.57. The highest BCUT2D eigenvalue weighted by molar-refractivity contribution is 6.31. The van der Waals surface area contributed by atoms with Gasteiger partial charge in [0.05, 0.1) is 28.5 Å². The number of nitro groups is 1. The predicted octanol–water partition coefficient (Wildman–Crippen LogP) is 3.45. The van der Waals surface area contributed by atoms with E-state index in [2.05, 4.69) is 5.32 Å². The second-order valence-corrected chi connectivity index (χ2v) is 7.12. The van der Waals surface area contributed by atoms with Crippen molar-refractivity contribution in [3.63, 3.8) is 0 Å². The number of carbonyl (C=O) groups is 3. The number of rotatable bonds is 8. The maximum atomic E-state index is 12.9. The highest BCUT2D eigenvalue weighted by Crippen LogP contribution is 2.36. The molecule has 0 aliphatic heterocycles. The summed E-state index contributed by atoms with van der Waals surface area (Å²) in [4.78, 5) is 47.3. The Hall–Kier alpha value is -3.67. The molecule has 176 valence electrons. The van der Waals surface area contributed by atoms with Gasteiger partial charge >= 0.3 is 12.1 Å². The first kappa shape index (κ1) is 25.6. The highest BCUT2D eigenvalue weighted by Gasteiger charge is 2.33. The maximum absolute atomic E-state index is 12.9. The number of amides is 2. The van der Waals surface area contributed by atoms with Gasteiger partial charge in [0.25, 0.3) is 11.6 Å². The van der Waals surface area contributed by atoms with Gasteiger partial charge in [-0.3, -0.25) is 24.5 Å². The van der Waals surface area contributed by atoms with E-state index >= 15 is 0 Å². The minimum Gasteiger partial charge on any atom is -0.455 e. The Balaban J connectivity index is 1.87. The number of para-hydroxylation sites is 1. The third-order valence-electron chi connectivity index (χ3n) is 4.24. The Labute approximate surface area is 190 Å². The molecule has 0 radical (unpaired) electrons. The molecule has 2 aromatic rings. The van der Waals surface area contributed by atoms with Crippen LogP contribution in [-0.2, 0) is 31.7 Å². The number of nitrogens with one attached hydrogen (secondary N) is 1. The van der Waals surface area contributed by atoms with Gasteiger partial charge in [-0.05, 0) is 18.2 Å². The molecule has 13 heteroatoms. The van der Waals surface area contributed by atoms with E-state index in [-0.39, 0.29) is 16.9 Å². The number of likely N-dealkylation sites (N-methyl/N-ethyl adjacent to an activating group) is 1. The first-order chi connectivity index (χ1) is 15.4. The molecule has 0 atom stereocenters. The zero-order valence-electron chi connectivity index (χ0n) is 17.0. The van der Waals surface area contributed by atoms with Crippen LogP contribution < -0.4 is 5.32 Å². The van der Waals surface area contributed by atoms with E-state index in [1.54, 1.807) is 0 Å². The lowest BCUT2D eigenvalue weighted by Crippen LogP contribution is -2.37. The summed E-state index contributed by atoms with van der Waals surface area (Å²) >= 11 is 5.52. The molecule has 0 spiro atoms. The minimum atomic E-state index is -4.71. The Kier molecular flexibility index (Phi) is 8.35. The van der Waals surface area contributed by atoms with Crippen molar-refractivity contribution in [2.24, 2.45) is 0 Å². The Morgan fingerprint density at radius 1 is 1.18 bits per heavy atom. The molecule has 0 heterocycles. The van der Waals surface area contributed by atoms with Crippen molar-refractivity contribution in [2.45, 2.75) is 12.6 Å². The molecule has 2 rings (SSSR count). The molecule has 0 bridgehead atoms. The lowest BCUT2D eigenvalue weighted by atomic mass is 10.1. The molecule has 0 aliphatic carbocycles. The molecule has 2 aromatic carbocycles. The average Bonchev–Trinajstić information content (AvgIpc) is 2.72. The van der Waals surface area contributed by atoms with Gasteiger partial charge in [0, 0.05) is 24.4 Å². The van der Waals surface area contributed by atoms with Crippen LogP contribution in [0, 0.1) is 10.1 Å². The smallest absolute Gasteiger partial charge is 0.417 e. The number of carbonyl (C=O) groups excluding carboxylic acids is 3. The molecule has 0 aromatic heterocycles. The molecular formula is C20H17ClF3N3O6. The summed E-state index contributed by atoms with van der Waals surface area (Å²) in [6, 6.07) is 8.34. The second-order valence-electron chi connectivity index (χ2n) is 6.71. The summed E-state index contributed by atoms with van der Waals surface area (Å²) in [6.07, 6.45) is -5.15. The third kappa shape index (κ3) is 7.45. The second kappa shape index (κ2) is 10.8. The summed E-state index contributed by atoms with van der Waals surface area (Å²) in [5.41, 5.74) is -1.47. The lowest BCUT2D eigenvalue weighted by molar-refractivity contribution is -0.385. The van der Waals surface area contributed by atoms with Crippen LogP contribution in [0.25, 0.3) is 0 Å². The monoisotopic (exact) mass is 487 g/mol. The number of ether oxygens (including phenoxy) is 1. The number of nitrogens with zero attached hydrogens (tertiary/aromatic N) is 2. The van der Waals surface area contributed by atoms with Crippen LogP contribution in [0.3, 0.4) is 0 Å². The number of esters is 1. The van der Waals surface area contributed by atoms with Gasteiger partial charge in [-0.1, -0.05) is 29.8 Å². The normalized spacial score (nSPS) is 10.9. The van der Waals surface area contributed by atoms with E-state index in [9.17, 15) is 37.7 Å². The van der Waals surface area contributed by atoms with E-state index in [1.165, 1.54) is 37.4 Å². The topological polar surface area (TPSA) is 119 Å². The Morgan fingerprint density at radius 3 is 2.48 bits per heavy atom. The molecule has 2 amide bonds. The van der Waals surface area contributed by atoms with Crippen molar-refractivity contribution < 1.29 is 37.2 Å². The summed E-state index contributed by atoms with van der Waals surface area (Å²) in [7, 11) is 1.22. The van der Waals surface area contributed by atoms with Crippen molar-refractivity contribution in [3.05, 3.63) is 68.7 Å². The number of halogens is 4. The summed E-state index contributed by atoms with van der Waals surface area (Å²) in [5, 5.41) is 12.7. The van der Waals surface area contributed by atoms with Crippen molar-refractivity contribution in [1.29, 1.82) is 0 Å². The molecule has 0 unspecified atom stereocenters. The van der Waals surface area contributed by atoms with Crippen LogP contribution in [-0.4, -0.2) is 47.8 Å². The van der Waals surface area contributed by atoms with Gasteiger partial charge < -0.3 is 15.0 Å². The highest BCUT2D eigenvalue weighted by atomic mass is 35.5. The van der Waals surface area contributed by atoms with Crippen LogP contribution in [0.1, 0.15) is 11.1 Å². The number of hydrogen-bond donors (Lipinski definition) is 1. The number of benzene rings is 2. The van der Waals surface area contributed by atoms with Crippen molar-refractivity contribution in [1.82, 2.24) is 4.90 Å². The van der Waals surface area contributed by atoms with Crippen LogP contribution in [0.2, 0.25) is 5.02 Å². The van der Waals surface area contributed by atoms with Crippen LogP contribution in [0.5, 0.6) is 0 Å². The van der Waals surface area contributed by atoms with E-state index in [0.717, 1.165) is 11.0 Å². The van der Waals surface area contributed by atoms with E-state index in [0.29, 0.717) is 6.07 Å². The largest absolute Gasteiger partial charge is 0.455 e. The first-order valence-electron chi connectivity index (χ1n) is 9.17. The summed E-state index contributed by atoms with van der Waals surface area (Å²) < 4.78 is 43.5. The Morgan fingerprint density at radius 2 is 1.85 bits per heavy atom. The molecule has 33 heavy (non-hydrogen) atoms. The first-order valence-corrected chi connectivity index (χ1v) is 9.54. The molecule has 0 aliphatic rings. The maximum Gasteiger partial charge on any atom is 0.417 e. The number of anilines is 1. The number of nitro benzene ring substituents is 1. The average molecular weight is 488 g/mol. The standard InChI is InChI=1S/C20H17ClF3N3O6/c1-26(10-17(28)25-13-6-7-15(21)14(9-13)20(22,23)24)18(29)11-33-19(30)8-12-4-2-3-5-16(12)27(31)32/h2-7,9H,8,10-11H2,1H3,(H,25,28). The summed E-state index contributed by atoms with van der Waals surface area (Å²) in [5.74, 6) is -2.46. The van der Waals surface area contributed by atoms with Gasteiger partial charge in [0.2, 0.25) is 5.91 Å². The zero-order chi connectivity index (χ0) is 24.8. The molecule has 0 saturated carbocycles. The van der Waals surface area contributed by atoms with Crippen molar-refractivity contribution >= 4 is 40.8 Å². The predicted molar refractivity (Wildman–Crippen MR) is 110 cm³/mol. The molecular weight excluding hydrogens is 471 g/mol. The molecule has 9 nitrogen and oxygen atoms in total. The molecule has 0 saturated heterocycles. The van der Waals surface area contributed by atoms with Crippen LogP contribution in [0.15, 0.2) is 42.5 Å². The molecule has 0 fully saturated rings. The van der Waals surface area contributed by atoms with Crippen LogP contribution >= 0.6 is 11.6 Å². The van der Waals surface area contributed by atoms with Gasteiger partial charge in [-0.25, -0.2) is 0 Å². The molecule has 1 N–H and O–H groups in total. The summed E-state index contributed by atoms with van der Waals surface area (Å²) in [6.45, 7) is -1.27. The van der Waals surface area contributed by atoms with Gasteiger partial charge in [0.15, 0.2) is 6.61 Å². The Bertz CT molecular complexity index is 1080.